The maximum Gasteiger partial charge on any atom is 0.141 e. The van der Waals surface area contributed by atoms with Crippen molar-refractivity contribution in [3.05, 3.63) is 78.4 Å². The normalized spacial score (nSPS) is 10.8. The molecule has 4 nitrogen and oxygen atoms in total. The average molecular weight is 392 g/mol. The number of nitrogens with zero attached hydrogens (tertiary/aromatic N) is 1. The van der Waals surface area contributed by atoms with Gasteiger partial charge in [0.15, 0.2) is 0 Å². The first-order valence-corrected chi connectivity index (χ1v) is 8.93. The molecule has 0 radical (unpaired) electrons. The number of imidazole rings is 1. The minimum absolute atomic E-state index is 0.185. The first-order valence-electron chi connectivity index (χ1n) is 8.93. The number of hydrogen-bond acceptors (Lipinski definition) is 3. The van der Waals surface area contributed by atoms with Gasteiger partial charge in [0.25, 0.3) is 0 Å². The first kappa shape index (κ1) is 18.7. The zero-order valence-corrected chi connectivity index (χ0v) is 15.9. The van der Waals surface area contributed by atoms with E-state index in [0.29, 0.717) is 28.7 Å². The van der Waals surface area contributed by atoms with Crippen LogP contribution in [-0.2, 0) is 0 Å². The maximum absolute atomic E-state index is 14.4. The van der Waals surface area contributed by atoms with E-state index in [1.807, 2.05) is 48.5 Å². The Kier molecular flexibility index (Phi) is 4.99. The van der Waals surface area contributed by atoms with Gasteiger partial charge in [0.05, 0.1) is 31.2 Å². The monoisotopic (exact) mass is 392 g/mol. The number of aromatic amines is 1. The van der Waals surface area contributed by atoms with Gasteiger partial charge in [0, 0.05) is 17.2 Å². The van der Waals surface area contributed by atoms with Crippen molar-refractivity contribution in [2.24, 2.45) is 0 Å². The summed E-state index contributed by atoms with van der Waals surface area (Å²) in [5.41, 5.74) is 3.12. The van der Waals surface area contributed by atoms with Crippen LogP contribution < -0.4 is 9.47 Å². The van der Waals surface area contributed by atoms with Crippen LogP contribution in [0.1, 0.15) is 0 Å². The van der Waals surface area contributed by atoms with Gasteiger partial charge < -0.3 is 14.5 Å². The summed E-state index contributed by atoms with van der Waals surface area (Å²) in [5, 5.41) is 0. The van der Waals surface area contributed by atoms with E-state index in [0.717, 1.165) is 17.2 Å². The van der Waals surface area contributed by atoms with Gasteiger partial charge in [-0.05, 0) is 36.4 Å². The van der Waals surface area contributed by atoms with Crippen LogP contribution in [0.25, 0.3) is 33.9 Å². The van der Waals surface area contributed by atoms with Gasteiger partial charge in [-0.15, -0.1) is 0 Å². The van der Waals surface area contributed by atoms with Crippen LogP contribution in [-0.4, -0.2) is 24.2 Å². The van der Waals surface area contributed by atoms with Crippen molar-refractivity contribution in [1.82, 2.24) is 9.97 Å². The third kappa shape index (κ3) is 3.69. The van der Waals surface area contributed by atoms with E-state index in [1.165, 1.54) is 12.1 Å². The van der Waals surface area contributed by atoms with Crippen LogP contribution in [0, 0.1) is 11.6 Å². The first-order chi connectivity index (χ1) is 14.1. The van der Waals surface area contributed by atoms with Crippen molar-refractivity contribution >= 4 is 0 Å². The number of methoxy groups -OCH3 is 2. The molecular weight excluding hydrogens is 374 g/mol. The highest BCUT2D eigenvalue weighted by Gasteiger charge is 2.18. The lowest BCUT2D eigenvalue weighted by molar-refractivity contribution is 0.415. The van der Waals surface area contributed by atoms with Crippen molar-refractivity contribution in [2.75, 3.05) is 14.2 Å². The van der Waals surface area contributed by atoms with Crippen LogP contribution in [0.2, 0.25) is 0 Å². The van der Waals surface area contributed by atoms with Crippen molar-refractivity contribution < 1.29 is 18.3 Å². The minimum Gasteiger partial charge on any atom is -0.497 e. The molecule has 0 fully saturated rings. The lowest BCUT2D eigenvalue weighted by Crippen LogP contribution is -1.88. The molecule has 29 heavy (non-hydrogen) atoms. The molecule has 0 unspecified atom stereocenters. The fourth-order valence-electron chi connectivity index (χ4n) is 3.15. The number of halogens is 2. The molecule has 4 aromatic rings. The standard InChI is InChI=1S/C23H18F2N2O2/c1-28-17-7-3-5-14(11-17)21-22(15-6-4-8-18(12-15)29-2)27-23(26-21)19-10-9-16(24)13-20(19)25/h3-13H,1-2H3,(H,26,27). The zero-order valence-electron chi connectivity index (χ0n) is 15.9. The summed E-state index contributed by atoms with van der Waals surface area (Å²) < 4.78 is 38.4. The second-order valence-electron chi connectivity index (χ2n) is 6.40. The highest BCUT2D eigenvalue weighted by molar-refractivity contribution is 5.82. The number of benzene rings is 3. The number of aromatic nitrogens is 2. The molecule has 4 rings (SSSR count). The fourth-order valence-corrected chi connectivity index (χ4v) is 3.15. The highest BCUT2D eigenvalue weighted by Crippen LogP contribution is 2.36. The predicted octanol–water partition coefficient (Wildman–Crippen LogP) is 5.71. The molecule has 0 aliphatic carbocycles. The summed E-state index contributed by atoms with van der Waals surface area (Å²) >= 11 is 0. The predicted molar refractivity (Wildman–Crippen MR) is 108 cm³/mol. The second-order valence-corrected chi connectivity index (χ2v) is 6.40. The number of hydrogen-bond donors (Lipinski definition) is 1. The van der Waals surface area contributed by atoms with Crippen LogP contribution in [0.15, 0.2) is 66.7 Å². The quantitative estimate of drug-likeness (QED) is 0.473. The molecule has 0 bridgehead atoms. The Morgan fingerprint density at radius 1 is 0.793 bits per heavy atom. The fraction of sp³-hybridized carbons (Fsp3) is 0.0870. The van der Waals surface area contributed by atoms with Crippen LogP contribution in [0.5, 0.6) is 11.5 Å². The summed E-state index contributed by atoms with van der Waals surface area (Å²) in [6.07, 6.45) is 0. The smallest absolute Gasteiger partial charge is 0.141 e. The minimum atomic E-state index is -0.687. The number of H-pyrrole nitrogens is 1. The van der Waals surface area contributed by atoms with Crippen molar-refractivity contribution in [3.63, 3.8) is 0 Å². The second kappa shape index (κ2) is 7.75. The van der Waals surface area contributed by atoms with E-state index >= 15 is 0 Å². The summed E-state index contributed by atoms with van der Waals surface area (Å²) in [4.78, 5) is 7.83. The molecule has 1 heterocycles. The van der Waals surface area contributed by atoms with Crippen LogP contribution in [0.3, 0.4) is 0 Å². The number of ether oxygens (including phenoxy) is 2. The van der Waals surface area contributed by atoms with E-state index in [1.54, 1.807) is 14.2 Å². The molecule has 0 saturated heterocycles. The van der Waals surface area contributed by atoms with Gasteiger partial charge in [-0.25, -0.2) is 13.8 Å². The van der Waals surface area contributed by atoms with Crippen LogP contribution in [0.4, 0.5) is 8.78 Å². The Hall–Kier alpha value is -3.67. The van der Waals surface area contributed by atoms with Crippen molar-refractivity contribution in [1.29, 1.82) is 0 Å². The number of nitrogens with one attached hydrogen (secondary N) is 1. The number of rotatable bonds is 5. The molecule has 146 valence electrons. The van der Waals surface area contributed by atoms with Crippen molar-refractivity contribution in [3.8, 4) is 45.4 Å². The molecule has 0 atom stereocenters. The van der Waals surface area contributed by atoms with Gasteiger partial charge >= 0.3 is 0 Å². The lowest BCUT2D eigenvalue weighted by atomic mass is 10.0. The summed E-state index contributed by atoms with van der Waals surface area (Å²) in [7, 11) is 3.18. The van der Waals surface area contributed by atoms with E-state index < -0.39 is 11.6 Å². The molecule has 0 amide bonds. The SMILES string of the molecule is COc1cccc(-c2nc(-c3ccc(F)cc3F)[nH]c2-c2cccc(OC)c2)c1. The third-order valence-corrected chi connectivity index (χ3v) is 4.59. The third-order valence-electron chi connectivity index (χ3n) is 4.59. The van der Waals surface area contributed by atoms with E-state index in [2.05, 4.69) is 9.97 Å². The molecule has 1 N–H and O–H groups in total. The molecule has 0 aliphatic heterocycles. The molecule has 0 saturated carbocycles. The van der Waals surface area contributed by atoms with E-state index in [9.17, 15) is 8.78 Å². The largest absolute Gasteiger partial charge is 0.497 e. The van der Waals surface area contributed by atoms with Gasteiger partial charge in [-0.1, -0.05) is 24.3 Å². The van der Waals surface area contributed by atoms with Gasteiger partial charge in [0.1, 0.15) is 29.0 Å². The molecular formula is C23H18F2N2O2. The Labute approximate surface area is 166 Å². The maximum atomic E-state index is 14.4. The Morgan fingerprint density at radius 3 is 2.10 bits per heavy atom. The Balaban J connectivity index is 1.93. The highest BCUT2D eigenvalue weighted by atomic mass is 19.1. The zero-order chi connectivity index (χ0) is 20.4. The summed E-state index contributed by atoms with van der Waals surface area (Å²) in [5.74, 6) is 0.338. The molecule has 3 aromatic carbocycles. The summed E-state index contributed by atoms with van der Waals surface area (Å²) in [6, 6.07) is 18.3. The van der Waals surface area contributed by atoms with E-state index in [-0.39, 0.29) is 5.56 Å². The van der Waals surface area contributed by atoms with E-state index in [4.69, 9.17) is 9.47 Å². The Morgan fingerprint density at radius 2 is 1.45 bits per heavy atom. The van der Waals surface area contributed by atoms with Gasteiger partial charge in [-0.2, -0.15) is 0 Å². The molecule has 6 heteroatoms. The topological polar surface area (TPSA) is 47.1 Å². The lowest BCUT2D eigenvalue weighted by Gasteiger charge is -2.07. The average Bonchev–Trinajstić information content (AvgIpc) is 3.19. The molecule has 0 aliphatic rings. The van der Waals surface area contributed by atoms with Crippen molar-refractivity contribution in [2.45, 2.75) is 0 Å². The summed E-state index contributed by atoms with van der Waals surface area (Å²) in [6.45, 7) is 0. The van der Waals surface area contributed by atoms with Gasteiger partial charge in [0.2, 0.25) is 0 Å². The van der Waals surface area contributed by atoms with Crippen LogP contribution >= 0.6 is 0 Å². The molecule has 1 aromatic heterocycles. The van der Waals surface area contributed by atoms with Gasteiger partial charge in [-0.3, -0.25) is 0 Å². The molecule has 0 spiro atoms. The Bertz CT molecular complexity index is 1110.